The molecule has 0 atom stereocenters. The van der Waals surface area contributed by atoms with Gasteiger partial charge in [-0.25, -0.2) is 4.79 Å². The zero-order valence-corrected chi connectivity index (χ0v) is 10.9. The number of carbonyl (C=O) groups is 1. The molecule has 0 N–H and O–H groups in total. The Bertz CT molecular complexity index is 411. The highest BCUT2D eigenvalue weighted by molar-refractivity contribution is 14.1. The molecule has 0 saturated carbocycles. The van der Waals surface area contributed by atoms with Crippen LogP contribution < -0.4 is 4.74 Å². The van der Waals surface area contributed by atoms with Crippen molar-refractivity contribution in [2.75, 3.05) is 0 Å². The van der Waals surface area contributed by atoms with Crippen LogP contribution in [0.3, 0.4) is 0 Å². The van der Waals surface area contributed by atoms with Gasteiger partial charge in [0, 0.05) is 5.02 Å². The average molecular weight is 361 g/mol. The van der Waals surface area contributed by atoms with Crippen molar-refractivity contribution in [3.05, 3.63) is 38.2 Å². The average Bonchev–Trinajstić information content (AvgIpc) is 2.10. The summed E-state index contributed by atoms with van der Waals surface area (Å²) in [5, 5.41) is 0.546. The Kier molecular flexibility index (Phi) is 4.36. The molecule has 0 aromatic heterocycles. The molecule has 80 valence electrons. The van der Waals surface area contributed by atoms with Crippen molar-refractivity contribution in [2.24, 2.45) is 0 Å². The van der Waals surface area contributed by atoms with Crippen molar-refractivity contribution >= 4 is 51.8 Å². The molecule has 0 aliphatic rings. The highest BCUT2D eigenvalue weighted by Gasteiger charge is 2.15. The summed E-state index contributed by atoms with van der Waals surface area (Å²) in [6.07, 6.45) is 0. The van der Waals surface area contributed by atoms with Gasteiger partial charge in [-0.1, -0.05) is 29.8 Å². The molecule has 1 rings (SSSR count). The summed E-state index contributed by atoms with van der Waals surface area (Å²) in [5.74, 6) is -2.28. The van der Waals surface area contributed by atoms with Crippen LogP contribution in [-0.4, -0.2) is 5.97 Å². The van der Waals surface area contributed by atoms with Gasteiger partial charge in [0.15, 0.2) is 5.75 Å². The van der Waals surface area contributed by atoms with Crippen molar-refractivity contribution in [1.82, 2.24) is 0 Å². The first-order valence-corrected chi connectivity index (χ1v) is 5.46. The molecule has 0 saturated heterocycles. The molecule has 0 radical (unpaired) electrons. The lowest BCUT2D eigenvalue weighted by molar-refractivity contribution is -0.131. The van der Waals surface area contributed by atoms with Gasteiger partial charge >= 0.3 is 5.97 Å². The SMILES string of the molecule is C=C(F)C(=O)Oc1c(Cl)cc(Cl)cc1I. The lowest BCUT2D eigenvalue weighted by Gasteiger charge is -2.07. The van der Waals surface area contributed by atoms with Crippen LogP contribution in [-0.2, 0) is 4.79 Å². The van der Waals surface area contributed by atoms with E-state index in [1.807, 2.05) is 22.6 Å². The van der Waals surface area contributed by atoms with Crippen LogP contribution in [0.4, 0.5) is 4.39 Å². The van der Waals surface area contributed by atoms with Crippen molar-refractivity contribution in [2.45, 2.75) is 0 Å². The number of esters is 1. The maximum Gasteiger partial charge on any atom is 0.372 e. The Balaban J connectivity index is 3.05. The zero-order valence-electron chi connectivity index (χ0n) is 7.19. The molecule has 0 aliphatic heterocycles. The highest BCUT2D eigenvalue weighted by atomic mass is 127. The standard InChI is InChI=1S/C9H4Cl2FIO2/c1-4(12)9(14)15-8-6(11)2-5(10)3-7(8)13/h2-3H,1H2. The molecule has 15 heavy (non-hydrogen) atoms. The van der Waals surface area contributed by atoms with E-state index in [0.29, 0.717) is 8.59 Å². The fourth-order valence-corrected chi connectivity index (χ4v) is 2.39. The molecule has 2 nitrogen and oxygen atoms in total. The first-order chi connectivity index (χ1) is 6.91. The number of hydrogen-bond acceptors (Lipinski definition) is 2. The third-order valence-electron chi connectivity index (χ3n) is 1.38. The lowest BCUT2D eigenvalue weighted by atomic mass is 10.3. The van der Waals surface area contributed by atoms with E-state index >= 15 is 0 Å². The second kappa shape index (κ2) is 5.14. The van der Waals surface area contributed by atoms with E-state index in [4.69, 9.17) is 23.2 Å². The summed E-state index contributed by atoms with van der Waals surface area (Å²) in [6.45, 7) is 2.82. The predicted octanol–water partition coefficient (Wildman–Crippen LogP) is 3.99. The van der Waals surface area contributed by atoms with Crippen molar-refractivity contribution in [1.29, 1.82) is 0 Å². The quantitative estimate of drug-likeness (QED) is 0.345. The first kappa shape index (κ1) is 12.7. The molecule has 0 heterocycles. The van der Waals surface area contributed by atoms with Gasteiger partial charge in [-0.15, -0.1) is 0 Å². The number of rotatable bonds is 2. The molecule has 0 fully saturated rings. The summed E-state index contributed by atoms with van der Waals surface area (Å²) in [5.41, 5.74) is 0. The fraction of sp³-hybridized carbons (Fsp3) is 0. The topological polar surface area (TPSA) is 26.3 Å². The van der Waals surface area contributed by atoms with Crippen LogP contribution in [0.5, 0.6) is 5.75 Å². The summed E-state index contributed by atoms with van der Waals surface area (Å²) < 4.78 is 17.6. The van der Waals surface area contributed by atoms with E-state index in [2.05, 4.69) is 11.3 Å². The van der Waals surface area contributed by atoms with Gasteiger partial charge < -0.3 is 4.74 Å². The monoisotopic (exact) mass is 360 g/mol. The highest BCUT2D eigenvalue weighted by Crippen LogP contribution is 2.33. The van der Waals surface area contributed by atoms with Crippen molar-refractivity contribution in [3.8, 4) is 5.75 Å². The van der Waals surface area contributed by atoms with E-state index < -0.39 is 11.8 Å². The molecule has 0 unspecified atom stereocenters. The van der Waals surface area contributed by atoms with E-state index in [-0.39, 0.29) is 10.8 Å². The normalized spacial score (nSPS) is 9.87. The lowest BCUT2D eigenvalue weighted by Crippen LogP contribution is -2.08. The molecular formula is C9H4Cl2FIO2. The Hall–Kier alpha value is -0.330. The van der Waals surface area contributed by atoms with E-state index in [1.54, 1.807) is 0 Å². The van der Waals surface area contributed by atoms with E-state index in [0.717, 1.165) is 0 Å². The van der Waals surface area contributed by atoms with Gasteiger partial charge in [0.25, 0.3) is 0 Å². The molecule has 0 spiro atoms. The molecule has 1 aromatic carbocycles. The second-order valence-electron chi connectivity index (χ2n) is 2.49. The number of halogens is 4. The van der Waals surface area contributed by atoms with Crippen molar-refractivity contribution < 1.29 is 13.9 Å². The fourth-order valence-electron chi connectivity index (χ4n) is 0.775. The minimum Gasteiger partial charge on any atom is -0.419 e. The molecule has 1 aromatic rings. The molecule has 0 amide bonds. The van der Waals surface area contributed by atoms with Gasteiger partial charge in [-0.3, -0.25) is 0 Å². The summed E-state index contributed by atoms with van der Waals surface area (Å²) in [6, 6.07) is 2.94. The minimum atomic E-state index is -1.18. The molecule has 0 aliphatic carbocycles. The third kappa shape index (κ3) is 3.32. The van der Waals surface area contributed by atoms with Crippen molar-refractivity contribution in [3.63, 3.8) is 0 Å². The van der Waals surface area contributed by atoms with Gasteiger partial charge in [-0.2, -0.15) is 4.39 Å². The van der Waals surface area contributed by atoms with E-state index in [1.165, 1.54) is 12.1 Å². The Morgan fingerprint density at radius 1 is 1.47 bits per heavy atom. The van der Waals surface area contributed by atoms with Crippen LogP contribution >= 0.6 is 45.8 Å². The van der Waals surface area contributed by atoms with Crippen LogP contribution in [0.1, 0.15) is 0 Å². The maximum absolute atomic E-state index is 12.4. The molecule has 6 heteroatoms. The zero-order chi connectivity index (χ0) is 11.6. The Morgan fingerprint density at radius 2 is 2.07 bits per heavy atom. The van der Waals surface area contributed by atoms with Gasteiger partial charge in [0.05, 0.1) is 8.59 Å². The number of hydrogen-bond donors (Lipinski definition) is 0. The Morgan fingerprint density at radius 3 is 2.53 bits per heavy atom. The second-order valence-corrected chi connectivity index (χ2v) is 4.50. The predicted molar refractivity (Wildman–Crippen MR) is 65.1 cm³/mol. The first-order valence-electron chi connectivity index (χ1n) is 3.63. The molecular weight excluding hydrogens is 357 g/mol. The van der Waals surface area contributed by atoms with E-state index in [9.17, 15) is 9.18 Å². The van der Waals surface area contributed by atoms with Crippen LogP contribution in [0.25, 0.3) is 0 Å². The largest absolute Gasteiger partial charge is 0.419 e. The van der Waals surface area contributed by atoms with Gasteiger partial charge in [-0.05, 0) is 34.7 Å². The smallest absolute Gasteiger partial charge is 0.372 e. The maximum atomic E-state index is 12.4. The van der Waals surface area contributed by atoms with Crippen LogP contribution in [0.15, 0.2) is 24.5 Å². The Labute approximate surface area is 109 Å². The molecule has 0 bridgehead atoms. The van der Waals surface area contributed by atoms with Gasteiger partial charge in [0.1, 0.15) is 0 Å². The minimum absolute atomic E-state index is 0.0745. The number of benzene rings is 1. The van der Waals surface area contributed by atoms with Gasteiger partial charge in [0.2, 0.25) is 5.83 Å². The summed E-state index contributed by atoms with van der Waals surface area (Å²) >= 11 is 13.3. The van der Waals surface area contributed by atoms with Crippen LogP contribution in [0.2, 0.25) is 10.0 Å². The third-order valence-corrected chi connectivity index (χ3v) is 2.68. The van der Waals surface area contributed by atoms with Crippen LogP contribution in [0, 0.1) is 3.57 Å². The number of ether oxygens (including phenoxy) is 1. The summed E-state index contributed by atoms with van der Waals surface area (Å²) in [7, 11) is 0. The number of carbonyl (C=O) groups excluding carboxylic acids is 1. The summed E-state index contributed by atoms with van der Waals surface area (Å²) in [4.78, 5) is 10.9.